The van der Waals surface area contributed by atoms with Crippen molar-refractivity contribution in [1.29, 1.82) is 5.26 Å². The molecule has 0 amide bonds. The Morgan fingerprint density at radius 1 is 1.12 bits per heavy atom. The van der Waals surface area contributed by atoms with E-state index in [-0.39, 0.29) is 5.88 Å². The molecule has 4 rings (SSSR count). The Balaban J connectivity index is 1.62. The van der Waals surface area contributed by atoms with Crippen molar-refractivity contribution in [3.63, 3.8) is 0 Å². The summed E-state index contributed by atoms with van der Waals surface area (Å²) in [5.41, 5.74) is 8.42. The highest BCUT2D eigenvalue weighted by Gasteiger charge is 2.31. The van der Waals surface area contributed by atoms with E-state index in [9.17, 15) is 10.1 Å². The molecule has 3 aromatic carbocycles. The molecule has 1 aliphatic rings. The van der Waals surface area contributed by atoms with Gasteiger partial charge in [-0.2, -0.15) is 5.26 Å². The van der Waals surface area contributed by atoms with E-state index in [2.05, 4.69) is 22.0 Å². The molecule has 33 heavy (non-hydrogen) atoms. The number of allylic oxidation sites excluding steroid dienone is 1. The highest BCUT2D eigenvalue weighted by atomic mass is 79.9. The molecule has 0 aliphatic carbocycles. The first-order valence-electron chi connectivity index (χ1n) is 10.4. The van der Waals surface area contributed by atoms with Crippen molar-refractivity contribution in [1.82, 2.24) is 0 Å². The molecule has 0 saturated heterocycles. The van der Waals surface area contributed by atoms with Gasteiger partial charge in [-0.1, -0.05) is 47.1 Å². The molecule has 1 heterocycles. The molecule has 0 saturated carbocycles. The Bertz CT molecular complexity index is 1280. The van der Waals surface area contributed by atoms with Crippen LogP contribution in [-0.2, 0) is 0 Å². The molecule has 0 aromatic heterocycles. The first-order valence-corrected chi connectivity index (χ1v) is 11.2. The van der Waals surface area contributed by atoms with E-state index < -0.39 is 11.9 Å². The summed E-state index contributed by atoms with van der Waals surface area (Å²) in [5.74, 6) is 0.464. The number of carbonyl (C=O) groups excluding carboxylic acids is 1. The summed E-state index contributed by atoms with van der Waals surface area (Å²) in [5, 5.41) is 9.70. The third-order valence-electron chi connectivity index (χ3n) is 5.13. The van der Waals surface area contributed by atoms with Crippen LogP contribution < -0.4 is 19.9 Å². The summed E-state index contributed by atoms with van der Waals surface area (Å²) in [7, 11) is 0. The Hall–Kier alpha value is -3.76. The number of hydrogen-bond donors (Lipinski definition) is 1. The van der Waals surface area contributed by atoms with Crippen LogP contribution in [0.25, 0.3) is 0 Å². The maximum absolute atomic E-state index is 12.7. The third-order valence-corrected chi connectivity index (χ3v) is 5.62. The maximum Gasteiger partial charge on any atom is 0.343 e. The fourth-order valence-corrected chi connectivity index (χ4v) is 4.04. The number of esters is 1. The van der Waals surface area contributed by atoms with E-state index in [1.807, 2.05) is 31.2 Å². The van der Waals surface area contributed by atoms with Crippen LogP contribution in [-0.4, -0.2) is 12.6 Å². The molecule has 0 spiro atoms. The van der Waals surface area contributed by atoms with Gasteiger partial charge in [0.2, 0.25) is 5.88 Å². The molecule has 166 valence electrons. The number of fused-ring (bicyclic) bond motifs is 1. The fourth-order valence-electron chi connectivity index (χ4n) is 3.63. The van der Waals surface area contributed by atoms with Crippen LogP contribution in [0.3, 0.4) is 0 Å². The lowest BCUT2D eigenvalue weighted by molar-refractivity contribution is 0.0734. The number of benzene rings is 3. The summed E-state index contributed by atoms with van der Waals surface area (Å²) >= 11 is 3.48. The van der Waals surface area contributed by atoms with Crippen molar-refractivity contribution in [2.45, 2.75) is 19.3 Å². The summed E-state index contributed by atoms with van der Waals surface area (Å²) < 4.78 is 17.8. The standard InChI is InChI=1S/C26H21BrN2O4/c1-2-11-31-19-8-4-6-17(13-19)26(30)32-20-9-10-21-23(14-20)33-25(29)22(15-28)24(21)16-5-3-7-18(27)12-16/h3-10,12-14,24H,2,11,29H2,1H3/t24-/m0/s1. The van der Waals surface area contributed by atoms with Gasteiger partial charge in [-0.15, -0.1) is 0 Å². The van der Waals surface area contributed by atoms with Crippen molar-refractivity contribution in [2.75, 3.05) is 6.61 Å². The molecule has 0 radical (unpaired) electrons. The maximum atomic E-state index is 12.7. The van der Waals surface area contributed by atoms with Gasteiger partial charge in [0.15, 0.2) is 0 Å². The predicted octanol–water partition coefficient (Wildman–Crippen LogP) is 5.68. The van der Waals surface area contributed by atoms with E-state index in [1.54, 1.807) is 42.5 Å². The van der Waals surface area contributed by atoms with E-state index in [1.165, 1.54) is 0 Å². The molecule has 6 nitrogen and oxygen atoms in total. The minimum atomic E-state index is -0.516. The van der Waals surface area contributed by atoms with Crippen LogP contribution in [0.4, 0.5) is 0 Å². The molecule has 3 aromatic rings. The normalized spacial score (nSPS) is 14.6. The second-order valence-electron chi connectivity index (χ2n) is 7.45. The fraction of sp³-hybridized carbons (Fsp3) is 0.154. The van der Waals surface area contributed by atoms with E-state index in [4.69, 9.17) is 19.9 Å². The Kier molecular flexibility index (Phi) is 6.66. The molecular weight excluding hydrogens is 484 g/mol. The van der Waals surface area contributed by atoms with Crippen LogP contribution in [0.5, 0.6) is 17.2 Å². The highest BCUT2D eigenvalue weighted by Crippen LogP contribution is 2.43. The van der Waals surface area contributed by atoms with Crippen molar-refractivity contribution in [2.24, 2.45) is 5.73 Å². The van der Waals surface area contributed by atoms with Crippen molar-refractivity contribution in [3.05, 3.63) is 99.3 Å². The summed E-state index contributed by atoms with van der Waals surface area (Å²) in [6.45, 7) is 2.58. The quantitative estimate of drug-likeness (QED) is 0.343. The molecule has 0 fully saturated rings. The molecule has 0 bridgehead atoms. The molecule has 1 atom stereocenters. The lowest BCUT2D eigenvalue weighted by Crippen LogP contribution is -2.21. The zero-order chi connectivity index (χ0) is 23.4. The molecule has 7 heteroatoms. The van der Waals surface area contributed by atoms with Gasteiger partial charge in [0, 0.05) is 16.1 Å². The van der Waals surface area contributed by atoms with Gasteiger partial charge in [0.1, 0.15) is 28.9 Å². The molecule has 0 unspecified atom stereocenters. The topological polar surface area (TPSA) is 94.6 Å². The van der Waals surface area contributed by atoms with Gasteiger partial charge in [0.05, 0.1) is 18.1 Å². The number of hydrogen-bond acceptors (Lipinski definition) is 6. The number of nitrogens with two attached hydrogens (primary N) is 1. The summed E-state index contributed by atoms with van der Waals surface area (Å²) in [4.78, 5) is 12.7. The van der Waals surface area contributed by atoms with Crippen LogP contribution in [0, 0.1) is 11.3 Å². The van der Waals surface area contributed by atoms with Crippen LogP contribution in [0.1, 0.15) is 40.7 Å². The van der Waals surface area contributed by atoms with Gasteiger partial charge >= 0.3 is 5.97 Å². The Morgan fingerprint density at radius 2 is 1.94 bits per heavy atom. The molecule has 1 aliphatic heterocycles. The smallest absolute Gasteiger partial charge is 0.343 e. The minimum absolute atomic E-state index is 0.0271. The number of carbonyl (C=O) groups is 1. The van der Waals surface area contributed by atoms with E-state index in [0.29, 0.717) is 35.0 Å². The number of nitrogens with zero attached hydrogens (tertiary/aromatic N) is 1. The SMILES string of the molecule is CCCOc1cccc(C(=O)Oc2ccc3c(c2)OC(N)=C(C#N)[C@H]3c2cccc(Br)c2)c1. The number of ether oxygens (including phenoxy) is 3. The largest absolute Gasteiger partial charge is 0.494 e. The second-order valence-corrected chi connectivity index (χ2v) is 8.36. The van der Waals surface area contributed by atoms with Gasteiger partial charge in [-0.3, -0.25) is 0 Å². The average molecular weight is 505 g/mol. The number of rotatable bonds is 6. The average Bonchev–Trinajstić information content (AvgIpc) is 2.82. The first-order chi connectivity index (χ1) is 16.0. The lowest BCUT2D eigenvalue weighted by Gasteiger charge is -2.26. The van der Waals surface area contributed by atoms with Crippen molar-refractivity contribution >= 4 is 21.9 Å². The minimum Gasteiger partial charge on any atom is -0.494 e. The zero-order valence-corrected chi connectivity index (χ0v) is 19.5. The van der Waals surface area contributed by atoms with Crippen LogP contribution in [0.2, 0.25) is 0 Å². The molecular formula is C26H21BrN2O4. The van der Waals surface area contributed by atoms with Gasteiger partial charge < -0.3 is 19.9 Å². The summed E-state index contributed by atoms with van der Waals surface area (Å²) in [6, 6.07) is 21.8. The van der Waals surface area contributed by atoms with Gasteiger partial charge in [0.25, 0.3) is 0 Å². The Morgan fingerprint density at radius 3 is 2.70 bits per heavy atom. The van der Waals surface area contributed by atoms with Crippen LogP contribution >= 0.6 is 15.9 Å². The summed E-state index contributed by atoms with van der Waals surface area (Å²) in [6.07, 6.45) is 0.871. The van der Waals surface area contributed by atoms with Gasteiger partial charge in [-0.25, -0.2) is 4.79 Å². The Labute approximate surface area is 200 Å². The van der Waals surface area contributed by atoms with E-state index in [0.717, 1.165) is 22.0 Å². The molecule has 2 N–H and O–H groups in total. The van der Waals surface area contributed by atoms with Crippen molar-refractivity contribution in [3.8, 4) is 23.3 Å². The van der Waals surface area contributed by atoms with Crippen LogP contribution in [0.15, 0.2) is 82.7 Å². The monoisotopic (exact) mass is 504 g/mol. The predicted molar refractivity (Wildman–Crippen MR) is 127 cm³/mol. The van der Waals surface area contributed by atoms with Gasteiger partial charge in [-0.05, 0) is 48.4 Å². The zero-order valence-electron chi connectivity index (χ0n) is 17.9. The first kappa shape index (κ1) is 22.4. The second kappa shape index (κ2) is 9.80. The lowest BCUT2D eigenvalue weighted by atomic mass is 9.83. The van der Waals surface area contributed by atoms with E-state index >= 15 is 0 Å². The third kappa shape index (κ3) is 4.86. The number of halogens is 1. The van der Waals surface area contributed by atoms with Crippen molar-refractivity contribution < 1.29 is 19.0 Å². The number of nitriles is 1. The highest BCUT2D eigenvalue weighted by molar-refractivity contribution is 9.10.